The Morgan fingerprint density at radius 1 is 1.25 bits per heavy atom. The van der Waals surface area contributed by atoms with Crippen molar-refractivity contribution in [1.82, 2.24) is 10.6 Å². The van der Waals surface area contributed by atoms with Crippen molar-refractivity contribution in [2.24, 2.45) is 5.73 Å². The molecule has 0 aromatic heterocycles. The molecule has 0 bridgehead atoms. The first-order valence-electron chi connectivity index (χ1n) is 6.18. The molecule has 1 rings (SSSR count). The van der Waals surface area contributed by atoms with Gasteiger partial charge in [-0.3, -0.25) is 9.59 Å². The van der Waals surface area contributed by atoms with Gasteiger partial charge in [0.2, 0.25) is 5.91 Å². The molecule has 4 N–H and O–H groups in total. The first-order chi connectivity index (χ1) is 9.19. The molecule has 0 aliphatic rings. The third-order valence-electron chi connectivity index (χ3n) is 2.33. The van der Waals surface area contributed by atoms with Gasteiger partial charge in [0.1, 0.15) is 4.99 Å². The van der Waals surface area contributed by atoms with Crippen molar-refractivity contribution in [3.05, 3.63) is 35.4 Å². The first-order valence-corrected chi connectivity index (χ1v) is 6.59. The molecule has 0 spiro atoms. The number of thiocarbonyl (C=S) groups is 1. The van der Waals surface area contributed by atoms with E-state index < -0.39 is 0 Å². The average Bonchev–Trinajstić information content (AvgIpc) is 2.34. The molecule has 0 fully saturated rings. The van der Waals surface area contributed by atoms with E-state index in [1.165, 1.54) is 0 Å². The monoisotopic (exact) mass is 293 g/mol. The minimum Gasteiger partial charge on any atom is -0.389 e. The number of carbonyl (C=O) groups excluding carboxylic acids is 2. The van der Waals surface area contributed by atoms with Crippen LogP contribution in [0.15, 0.2) is 24.3 Å². The Labute approximate surface area is 123 Å². The molecule has 0 aliphatic carbocycles. The number of nitrogens with two attached hydrogens (primary N) is 1. The standard InChI is InChI=1S/C14H19N3O2S/c1-14(2,3)17-11(18)8-16-13(19)10-6-4-5-9(7-10)12(15)20/h4-7H,8H2,1-3H3,(H2,15,20)(H,16,19)(H,17,18). The number of hydrogen-bond acceptors (Lipinski definition) is 3. The van der Waals surface area contributed by atoms with Crippen LogP contribution in [-0.4, -0.2) is 28.9 Å². The highest BCUT2D eigenvalue weighted by Gasteiger charge is 2.14. The van der Waals surface area contributed by atoms with Crippen LogP contribution in [0.25, 0.3) is 0 Å². The van der Waals surface area contributed by atoms with Crippen molar-refractivity contribution in [3.8, 4) is 0 Å². The lowest BCUT2D eigenvalue weighted by molar-refractivity contribution is -0.121. The second kappa shape index (κ2) is 6.47. The van der Waals surface area contributed by atoms with E-state index in [2.05, 4.69) is 10.6 Å². The van der Waals surface area contributed by atoms with Crippen LogP contribution in [0, 0.1) is 0 Å². The van der Waals surface area contributed by atoms with E-state index in [0.29, 0.717) is 11.1 Å². The third kappa shape index (κ3) is 5.36. The van der Waals surface area contributed by atoms with E-state index in [0.717, 1.165) is 0 Å². The largest absolute Gasteiger partial charge is 0.389 e. The van der Waals surface area contributed by atoms with Gasteiger partial charge in [0.25, 0.3) is 5.91 Å². The van der Waals surface area contributed by atoms with Crippen LogP contribution in [-0.2, 0) is 4.79 Å². The average molecular weight is 293 g/mol. The molecule has 0 atom stereocenters. The molecule has 0 saturated heterocycles. The van der Waals surface area contributed by atoms with Gasteiger partial charge < -0.3 is 16.4 Å². The van der Waals surface area contributed by atoms with Crippen molar-refractivity contribution < 1.29 is 9.59 Å². The summed E-state index contributed by atoms with van der Waals surface area (Å²) < 4.78 is 0. The van der Waals surface area contributed by atoms with E-state index in [9.17, 15) is 9.59 Å². The summed E-state index contributed by atoms with van der Waals surface area (Å²) in [5, 5.41) is 5.31. The van der Waals surface area contributed by atoms with Crippen LogP contribution in [0.4, 0.5) is 0 Å². The van der Waals surface area contributed by atoms with Crippen LogP contribution in [0.1, 0.15) is 36.7 Å². The van der Waals surface area contributed by atoms with Crippen LogP contribution < -0.4 is 16.4 Å². The highest BCUT2D eigenvalue weighted by atomic mass is 32.1. The number of rotatable bonds is 4. The molecule has 0 radical (unpaired) electrons. The number of nitrogens with one attached hydrogen (secondary N) is 2. The minimum absolute atomic E-state index is 0.0760. The number of amides is 2. The number of benzene rings is 1. The Morgan fingerprint density at radius 3 is 2.40 bits per heavy atom. The molecule has 20 heavy (non-hydrogen) atoms. The Bertz CT molecular complexity index is 535. The molecule has 2 amide bonds. The van der Waals surface area contributed by atoms with Crippen LogP contribution in [0.5, 0.6) is 0 Å². The summed E-state index contributed by atoms with van der Waals surface area (Å²) in [5.41, 5.74) is 6.22. The zero-order chi connectivity index (χ0) is 15.3. The molecule has 0 heterocycles. The molecule has 6 heteroatoms. The van der Waals surface area contributed by atoms with Crippen LogP contribution >= 0.6 is 12.2 Å². The van der Waals surface area contributed by atoms with E-state index >= 15 is 0 Å². The summed E-state index contributed by atoms with van der Waals surface area (Å²) >= 11 is 4.86. The molecular formula is C14H19N3O2S. The Hall–Kier alpha value is -1.95. The lowest BCUT2D eigenvalue weighted by atomic mass is 10.1. The predicted octanol–water partition coefficient (Wildman–Crippen LogP) is 0.965. The Kier molecular flexibility index (Phi) is 5.21. The number of carbonyl (C=O) groups is 2. The second-order valence-electron chi connectivity index (χ2n) is 5.43. The van der Waals surface area contributed by atoms with Crippen molar-refractivity contribution in [2.45, 2.75) is 26.3 Å². The fourth-order valence-corrected chi connectivity index (χ4v) is 1.67. The molecule has 5 nitrogen and oxygen atoms in total. The smallest absolute Gasteiger partial charge is 0.251 e. The summed E-state index contributed by atoms with van der Waals surface area (Å²) in [5.74, 6) is -0.580. The second-order valence-corrected chi connectivity index (χ2v) is 5.87. The van der Waals surface area contributed by atoms with Crippen molar-refractivity contribution in [2.75, 3.05) is 6.54 Å². The fourth-order valence-electron chi connectivity index (χ4n) is 1.54. The van der Waals surface area contributed by atoms with Gasteiger partial charge in [-0.05, 0) is 32.9 Å². The number of hydrogen-bond donors (Lipinski definition) is 3. The minimum atomic E-state index is -0.341. The molecule has 0 saturated carbocycles. The van der Waals surface area contributed by atoms with Gasteiger partial charge >= 0.3 is 0 Å². The third-order valence-corrected chi connectivity index (χ3v) is 2.57. The Balaban J connectivity index is 2.61. The van der Waals surface area contributed by atoms with E-state index in [1.54, 1.807) is 24.3 Å². The summed E-state index contributed by atoms with van der Waals surface area (Å²) in [7, 11) is 0. The molecule has 108 valence electrons. The molecule has 0 unspecified atom stereocenters. The van der Waals surface area contributed by atoms with Crippen molar-refractivity contribution >= 4 is 29.0 Å². The van der Waals surface area contributed by atoms with Crippen LogP contribution in [0.2, 0.25) is 0 Å². The maximum Gasteiger partial charge on any atom is 0.251 e. The first kappa shape index (κ1) is 16.1. The van der Waals surface area contributed by atoms with Gasteiger partial charge in [-0.2, -0.15) is 0 Å². The highest BCUT2D eigenvalue weighted by Crippen LogP contribution is 2.05. The molecule has 1 aromatic rings. The SMILES string of the molecule is CC(C)(C)NC(=O)CNC(=O)c1cccc(C(N)=S)c1. The highest BCUT2D eigenvalue weighted by molar-refractivity contribution is 7.80. The lowest BCUT2D eigenvalue weighted by Gasteiger charge is -2.20. The topological polar surface area (TPSA) is 84.2 Å². The molecule has 0 aliphatic heterocycles. The van der Waals surface area contributed by atoms with E-state index in [4.69, 9.17) is 18.0 Å². The fraction of sp³-hybridized carbons (Fsp3) is 0.357. The molecular weight excluding hydrogens is 274 g/mol. The normalized spacial score (nSPS) is 10.8. The van der Waals surface area contributed by atoms with Gasteiger partial charge in [0.15, 0.2) is 0 Å². The summed E-state index contributed by atoms with van der Waals surface area (Å²) in [4.78, 5) is 23.7. The quantitative estimate of drug-likeness (QED) is 0.722. The van der Waals surface area contributed by atoms with Gasteiger partial charge in [0, 0.05) is 16.7 Å². The maximum atomic E-state index is 11.9. The summed E-state index contributed by atoms with van der Waals surface area (Å²) in [6.07, 6.45) is 0. The van der Waals surface area contributed by atoms with E-state index in [1.807, 2.05) is 20.8 Å². The zero-order valence-corrected chi connectivity index (χ0v) is 12.6. The van der Waals surface area contributed by atoms with Crippen molar-refractivity contribution in [1.29, 1.82) is 0 Å². The summed E-state index contributed by atoms with van der Waals surface area (Å²) in [6.45, 7) is 5.54. The predicted molar refractivity (Wildman–Crippen MR) is 82.6 cm³/mol. The molecule has 1 aromatic carbocycles. The van der Waals surface area contributed by atoms with Gasteiger partial charge in [-0.15, -0.1) is 0 Å². The Morgan fingerprint density at radius 2 is 1.85 bits per heavy atom. The maximum absolute atomic E-state index is 11.9. The van der Waals surface area contributed by atoms with E-state index in [-0.39, 0.29) is 28.9 Å². The van der Waals surface area contributed by atoms with Crippen molar-refractivity contribution in [3.63, 3.8) is 0 Å². The summed E-state index contributed by atoms with van der Waals surface area (Å²) in [6, 6.07) is 6.65. The van der Waals surface area contributed by atoms with Gasteiger partial charge in [-0.25, -0.2) is 0 Å². The lowest BCUT2D eigenvalue weighted by Crippen LogP contribution is -2.45. The van der Waals surface area contributed by atoms with Gasteiger partial charge in [-0.1, -0.05) is 24.4 Å². The van der Waals surface area contributed by atoms with Gasteiger partial charge in [0.05, 0.1) is 6.54 Å². The van der Waals surface area contributed by atoms with Crippen LogP contribution in [0.3, 0.4) is 0 Å². The zero-order valence-electron chi connectivity index (χ0n) is 11.8.